The first kappa shape index (κ1) is 13.3. The molecule has 1 unspecified atom stereocenters. The number of rotatable bonds is 9. The summed E-state index contributed by atoms with van der Waals surface area (Å²) in [6.07, 6.45) is 9.17. The van der Waals surface area contributed by atoms with Crippen molar-refractivity contribution in [3.8, 4) is 0 Å². The number of unbranched alkanes of at least 4 members (excludes halogenated alkanes) is 2. The molecule has 92 valence electrons. The van der Waals surface area contributed by atoms with Gasteiger partial charge in [0.05, 0.1) is 12.4 Å². The van der Waals surface area contributed by atoms with E-state index in [1.807, 2.05) is 12.1 Å². The molecule has 16 heavy (non-hydrogen) atoms. The molecule has 2 heteroatoms. The smallest absolute Gasteiger partial charge is 0.103 e. The minimum atomic E-state index is 0.420. The van der Waals surface area contributed by atoms with Crippen LogP contribution in [-0.2, 0) is 11.2 Å². The van der Waals surface area contributed by atoms with Crippen LogP contribution in [0.1, 0.15) is 51.7 Å². The topological polar surface area (TPSA) is 22.4 Å². The summed E-state index contributed by atoms with van der Waals surface area (Å²) < 4.78 is 11.0. The zero-order valence-corrected chi connectivity index (χ0v) is 10.6. The normalized spacial score (nSPS) is 12.9. The molecule has 1 rings (SSSR count). The number of aryl methyl sites for hydroxylation is 1. The predicted molar refractivity (Wildman–Crippen MR) is 66.6 cm³/mol. The highest BCUT2D eigenvalue weighted by molar-refractivity contribution is 4.97. The summed E-state index contributed by atoms with van der Waals surface area (Å²) in [6, 6.07) is 3.98. The average Bonchev–Trinajstić information content (AvgIpc) is 2.79. The van der Waals surface area contributed by atoms with Crippen LogP contribution in [0.3, 0.4) is 0 Å². The average molecular weight is 224 g/mol. The molecule has 1 aromatic rings. The van der Waals surface area contributed by atoms with E-state index in [0.717, 1.165) is 31.6 Å². The minimum absolute atomic E-state index is 0.420. The van der Waals surface area contributed by atoms with Crippen molar-refractivity contribution in [3.05, 3.63) is 24.2 Å². The van der Waals surface area contributed by atoms with Crippen LogP contribution in [0.15, 0.2) is 22.8 Å². The quantitative estimate of drug-likeness (QED) is 0.587. The third-order valence-corrected chi connectivity index (χ3v) is 2.76. The minimum Gasteiger partial charge on any atom is -0.469 e. The Morgan fingerprint density at radius 2 is 2.19 bits per heavy atom. The van der Waals surface area contributed by atoms with Crippen molar-refractivity contribution in [3.63, 3.8) is 0 Å². The zero-order chi connectivity index (χ0) is 11.6. The van der Waals surface area contributed by atoms with Gasteiger partial charge in [0.15, 0.2) is 0 Å². The Kier molecular flexibility index (Phi) is 6.98. The summed E-state index contributed by atoms with van der Waals surface area (Å²) in [5, 5.41) is 0. The lowest BCUT2D eigenvalue weighted by molar-refractivity contribution is 0.0562. The van der Waals surface area contributed by atoms with Crippen LogP contribution < -0.4 is 0 Å². The van der Waals surface area contributed by atoms with E-state index in [9.17, 15) is 0 Å². The van der Waals surface area contributed by atoms with Gasteiger partial charge in [-0.2, -0.15) is 0 Å². The van der Waals surface area contributed by atoms with Crippen LogP contribution in [-0.4, -0.2) is 12.7 Å². The summed E-state index contributed by atoms with van der Waals surface area (Å²) in [5.74, 6) is 1.08. The van der Waals surface area contributed by atoms with E-state index >= 15 is 0 Å². The third kappa shape index (κ3) is 5.96. The highest BCUT2D eigenvalue weighted by atomic mass is 16.5. The van der Waals surface area contributed by atoms with Gasteiger partial charge in [-0.3, -0.25) is 0 Å². The molecule has 0 radical (unpaired) electrons. The van der Waals surface area contributed by atoms with E-state index in [2.05, 4.69) is 13.8 Å². The van der Waals surface area contributed by atoms with Crippen molar-refractivity contribution in [2.24, 2.45) is 0 Å². The van der Waals surface area contributed by atoms with Gasteiger partial charge in [-0.05, 0) is 38.3 Å². The lowest BCUT2D eigenvalue weighted by Crippen LogP contribution is -2.09. The largest absolute Gasteiger partial charge is 0.469 e. The van der Waals surface area contributed by atoms with Gasteiger partial charge in [-0.25, -0.2) is 0 Å². The third-order valence-electron chi connectivity index (χ3n) is 2.76. The molecule has 1 atom stereocenters. The Bertz CT molecular complexity index is 241. The highest BCUT2D eigenvalue weighted by Crippen LogP contribution is 2.08. The van der Waals surface area contributed by atoms with Crippen LogP contribution in [0.4, 0.5) is 0 Å². The van der Waals surface area contributed by atoms with Gasteiger partial charge in [0.2, 0.25) is 0 Å². The fourth-order valence-electron chi connectivity index (χ4n) is 1.72. The van der Waals surface area contributed by atoms with Gasteiger partial charge in [0, 0.05) is 13.0 Å². The Balaban J connectivity index is 1.91. The van der Waals surface area contributed by atoms with Gasteiger partial charge in [0.25, 0.3) is 0 Å². The molecule has 0 amide bonds. The Morgan fingerprint density at radius 3 is 2.88 bits per heavy atom. The van der Waals surface area contributed by atoms with Crippen LogP contribution in [0.5, 0.6) is 0 Å². The van der Waals surface area contributed by atoms with Crippen molar-refractivity contribution < 1.29 is 9.15 Å². The van der Waals surface area contributed by atoms with Gasteiger partial charge >= 0.3 is 0 Å². The molecule has 0 fully saturated rings. The van der Waals surface area contributed by atoms with Crippen molar-refractivity contribution in [2.45, 2.75) is 58.5 Å². The van der Waals surface area contributed by atoms with Gasteiger partial charge in [-0.1, -0.05) is 19.8 Å². The van der Waals surface area contributed by atoms with E-state index in [4.69, 9.17) is 9.15 Å². The Hall–Kier alpha value is -0.760. The molecule has 1 heterocycles. The number of ether oxygens (including phenoxy) is 1. The lowest BCUT2D eigenvalue weighted by Gasteiger charge is -2.11. The molecule has 0 aliphatic heterocycles. The molecule has 0 N–H and O–H groups in total. The first-order valence-electron chi connectivity index (χ1n) is 6.47. The molecule has 0 aromatic carbocycles. The molecule has 0 saturated carbocycles. The molecular formula is C14H24O2. The summed E-state index contributed by atoms with van der Waals surface area (Å²) in [5.41, 5.74) is 0. The van der Waals surface area contributed by atoms with Gasteiger partial charge in [-0.15, -0.1) is 0 Å². The molecule has 0 aliphatic carbocycles. The second-order valence-corrected chi connectivity index (χ2v) is 4.36. The summed E-state index contributed by atoms with van der Waals surface area (Å²) in [7, 11) is 0. The van der Waals surface area contributed by atoms with Crippen molar-refractivity contribution in [1.29, 1.82) is 0 Å². The number of hydrogen-bond acceptors (Lipinski definition) is 2. The van der Waals surface area contributed by atoms with Crippen molar-refractivity contribution in [2.75, 3.05) is 6.61 Å². The van der Waals surface area contributed by atoms with Crippen LogP contribution in [0.25, 0.3) is 0 Å². The predicted octanol–water partition coefficient (Wildman–Crippen LogP) is 4.20. The maximum absolute atomic E-state index is 5.73. The van der Waals surface area contributed by atoms with E-state index in [-0.39, 0.29) is 0 Å². The first-order valence-corrected chi connectivity index (χ1v) is 6.47. The second kappa shape index (κ2) is 8.40. The van der Waals surface area contributed by atoms with Crippen LogP contribution in [0, 0.1) is 0 Å². The van der Waals surface area contributed by atoms with E-state index in [1.54, 1.807) is 6.26 Å². The fourth-order valence-corrected chi connectivity index (χ4v) is 1.72. The molecule has 1 aromatic heterocycles. The van der Waals surface area contributed by atoms with Crippen molar-refractivity contribution >= 4 is 0 Å². The summed E-state index contributed by atoms with van der Waals surface area (Å²) in [6.45, 7) is 5.27. The zero-order valence-electron chi connectivity index (χ0n) is 10.6. The molecule has 0 saturated heterocycles. The Morgan fingerprint density at radius 1 is 1.31 bits per heavy atom. The fraction of sp³-hybridized carbons (Fsp3) is 0.714. The molecule has 2 nitrogen and oxygen atoms in total. The Labute approximate surface area is 99.0 Å². The van der Waals surface area contributed by atoms with Crippen molar-refractivity contribution in [1.82, 2.24) is 0 Å². The van der Waals surface area contributed by atoms with Crippen LogP contribution in [0.2, 0.25) is 0 Å². The van der Waals surface area contributed by atoms with E-state index < -0.39 is 0 Å². The second-order valence-electron chi connectivity index (χ2n) is 4.36. The van der Waals surface area contributed by atoms with Gasteiger partial charge < -0.3 is 9.15 Å². The van der Waals surface area contributed by atoms with Crippen LogP contribution >= 0.6 is 0 Å². The molecule has 0 aliphatic rings. The lowest BCUT2D eigenvalue weighted by atomic mass is 10.2. The first-order chi connectivity index (χ1) is 7.83. The highest BCUT2D eigenvalue weighted by Gasteiger charge is 2.01. The van der Waals surface area contributed by atoms with E-state index in [1.165, 1.54) is 19.3 Å². The maximum atomic E-state index is 5.73. The standard InChI is InChI=1S/C14H24O2/c1-3-4-8-13(2)15-11-6-5-9-14-10-7-12-16-14/h7,10,12-13H,3-6,8-9,11H2,1-2H3. The summed E-state index contributed by atoms with van der Waals surface area (Å²) >= 11 is 0. The summed E-state index contributed by atoms with van der Waals surface area (Å²) in [4.78, 5) is 0. The van der Waals surface area contributed by atoms with Gasteiger partial charge in [0.1, 0.15) is 5.76 Å². The SMILES string of the molecule is CCCCC(C)OCCCCc1ccco1. The molecular weight excluding hydrogens is 200 g/mol. The monoisotopic (exact) mass is 224 g/mol. The number of hydrogen-bond donors (Lipinski definition) is 0. The number of furan rings is 1. The molecule has 0 spiro atoms. The maximum Gasteiger partial charge on any atom is 0.103 e. The van der Waals surface area contributed by atoms with E-state index in [0.29, 0.717) is 6.10 Å². The molecule has 0 bridgehead atoms.